The van der Waals surface area contributed by atoms with E-state index in [2.05, 4.69) is 53.2 Å². The van der Waals surface area contributed by atoms with E-state index >= 15 is 0 Å². The normalized spacial score (nSPS) is 22.3. The quantitative estimate of drug-likeness (QED) is 0.376. The molecule has 1 aliphatic carbocycles. The van der Waals surface area contributed by atoms with Crippen LogP contribution >= 0.6 is 23.5 Å². The van der Waals surface area contributed by atoms with Crippen molar-refractivity contribution in [1.82, 2.24) is 9.88 Å². The van der Waals surface area contributed by atoms with Gasteiger partial charge in [0.1, 0.15) is 9.93 Å². The van der Waals surface area contributed by atoms with Gasteiger partial charge >= 0.3 is 0 Å². The fourth-order valence-corrected chi connectivity index (χ4v) is 7.47. The molecule has 34 heavy (non-hydrogen) atoms. The highest BCUT2D eigenvalue weighted by Gasteiger charge is 2.42. The van der Waals surface area contributed by atoms with Crippen LogP contribution in [0.4, 0.5) is 11.4 Å². The number of hydrogen-bond donors (Lipinski definition) is 0. The van der Waals surface area contributed by atoms with E-state index in [-0.39, 0.29) is 11.9 Å². The summed E-state index contributed by atoms with van der Waals surface area (Å²) in [6.07, 6.45) is 7.47. The van der Waals surface area contributed by atoms with Crippen molar-refractivity contribution in [3.63, 3.8) is 0 Å². The molecule has 0 atom stereocenters. The van der Waals surface area contributed by atoms with Crippen LogP contribution in [0.2, 0.25) is 0 Å². The Kier molecular flexibility index (Phi) is 5.83. The summed E-state index contributed by atoms with van der Waals surface area (Å²) in [7, 11) is 0. The smallest absolute Gasteiger partial charge is 0.269 e. The Morgan fingerprint density at radius 1 is 1.03 bits per heavy atom. The van der Waals surface area contributed by atoms with Crippen molar-refractivity contribution in [2.24, 2.45) is 4.99 Å². The summed E-state index contributed by atoms with van der Waals surface area (Å²) in [6, 6.07) is 18.7. The highest BCUT2D eigenvalue weighted by Crippen LogP contribution is 2.51. The predicted molar refractivity (Wildman–Crippen MR) is 142 cm³/mol. The number of carbonyl (C=O) groups is 1. The third-order valence-corrected chi connectivity index (χ3v) is 9.04. The lowest BCUT2D eigenvalue weighted by atomic mass is 9.94. The molecule has 0 spiro atoms. The largest absolute Gasteiger partial charge is 0.334 e. The molecule has 3 aromatic rings. The monoisotopic (exact) mass is 486 g/mol. The number of pyridine rings is 1. The summed E-state index contributed by atoms with van der Waals surface area (Å²) < 4.78 is 0. The fourth-order valence-electron chi connectivity index (χ4n) is 5.01. The molecule has 3 heterocycles. The van der Waals surface area contributed by atoms with E-state index < -0.39 is 0 Å². The van der Waals surface area contributed by atoms with Gasteiger partial charge in [-0.2, -0.15) is 0 Å². The van der Waals surface area contributed by atoms with Crippen molar-refractivity contribution in [2.75, 3.05) is 11.4 Å². The van der Waals surface area contributed by atoms with E-state index in [1.807, 2.05) is 23.1 Å². The summed E-state index contributed by atoms with van der Waals surface area (Å²) in [5, 5.41) is 2.89. The minimum Gasteiger partial charge on any atom is -0.334 e. The number of nitrogens with zero attached hydrogens (tertiary/aromatic N) is 4. The van der Waals surface area contributed by atoms with Crippen molar-refractivity contribution in [2.45, 2.75) is 50.0 Å². The summed E-state index contributed by atoms with van der Waals surface area (Å²) in [4.78, 5) is 29.7. The van der Waals surface area contributed by atoms with Gasteiger partial charge in [-0.15, -0.1) is 0 Å². The maximum absolute atomic E-state index is 13.9. The molecule has 6 rings (SSSR count). The summed E-state index contributed by atoms with van der Waals surface area (Å²) in [6.45, 7) is 2.97. The molecule has 7 heteroatoms. The van der Waals surface area contributed by atoms with E-state index in [0.29, 0.717) is 0 Å². The van der Waals surface area contributed by atoms with E-state index in [4.69, 9.17) is 4.99 Å². The Bertz CT molecular complexity index is 1330. The average Bonchev–Trinajstić information content (AvgIpc) is 3.41. The van der Waals surface area contributed by atoms with Gasteiger partial charge in [0.2, 0.25) is 0 Å². The molecule has 2 aliphatic heterocycles. The van der Waals surface area contributed by atoms with Crippen LogP contribution in [0.1, 0.15) is 39.0 Å². The number of thioether (sulfide) groups is 2. The topological polar surface area (TPSA) is 48.8 Å². The molecule has 1 amide bonds. The van der Waals surface area contributed by atoms with Gasteiger partial charge in [0.15, 0.2) is 5.17 Å². The minimum atomic E-state index is 0.104. The first kappa shape index (κ1) is 21.7. The van der Waals surface area contributed by atoms with Gasteiger partial charge in [0.25, 0.3) is 5.91 Å². The van der Waals surface area contributed by atoms with Crippen LogP contribution in [0, 0.1) is 0 Å². The molecule has 2 aromatic carbocycles. The zero-order chi connectivity index (χ0) is 23.1. The first-order chi connectivity index (χ1) is 16.7. The third-order valence-electron chi connectivity index (χ3n) is 6.68. The molecular formula is C27H26N4OS2. The number of hydrogen-bond acceptors (Lipinski definition) is 6. The number of amides is 1. The number of carbonyl (C=O) groups excluding carboxylic acids is 1. The highest BCUT2D eigenvalue weighted by molar-refractivity contribution is 8.19. The summed E-state index contributed by atoms with van der Waals surface area (Å²) in [5.41, 5.74) is 2.99. The van der Waals surface area contributed by atoms with Gasteiger partial charge in [-0.3, -0.25) is 14.7 Å². The van der Waals surface area contributed by atoms with Crippen LogP contribution in [-0.4, -0.2) is 33.5 Å². The number of anilines is 1. The van der Waals surface area contributed by atoms with Gasteiger partial charge in [-0.25, -0.2) is 4.99 Å². The SMILES string of the molecule is CCN1C(=C2SC(=Nc3ccc4ncccc4c3)N(C3CCCCC3)C2=O)Sc2ccccc21. The lowest BCUT2D eigenvalue weighted by Gasteiger charge is -2.30. The van der Waals surface area contributed by atoms with Crippen LogP contribution in [0.25, 0.3) is 10.9 Å². The lowest BCUT2D eigenvalue weighted by molar-refractivity contribution is -0.124. The molecule has 0 unspecified atom stereocenters. The number of fused-ring (bicyclic) bond motifs is 2. The third kappa shape index (κ3) is 3.81. The van der Waals surface area contributed by atoms with Crippen LogP contribution in [-0.2, 0) is 4.79 Å². The average molecular weight is 487 g/mol. The van der Waals surface area contributed by atoms with Gasteiger partial charge in [0, 0.05) is 29.1 Å². The lowest BCUT2D eigenvalue weighted by Crippen LogP contribution is -2.40. The van der Waals surface area contributed by atoms with Gasteiger partial charge in [0.05, 0.1) is 16.9 Å². The summed E-state index contributed by atoms with van der Waals surface area (Å²) in [5.74, 6) is 0.104. The van der Waals surface area contributed by atoms with E-state index in [1.54, 1.807) is 18.0 Å². The van der Waals surface area contributed by atoms with Crippen molar-refractivity contribution in [3.8, 4) is 0 Å². The van der Waals surface area contributed by atoms with E-state index in [1.165, 1.54) is 41.6 Å². The van der Waals surface area contributed by atoms with E-state index in [0.717, 1.165) is 51.1 Å². The van der Waals surface area contributed by atoms with Crippen LogP contribution < -0.4 is 4.90 Å². The molecule has 172 valence electrons. The Balaban J connectivity index is 1.43. The number of benzene rings is 2. The minimum absolute atomic E-state index is 0.104. The number of aromatic nitrogens is 1. The van der Waals surface area contributed by atoms with Crippen molar-refractivity contribution >= 4 is 56.9 Å². The molecule has 1 saturated heterocycles. The first-order valence-corrected chi connectivity index (χ1v) is 13.6. The number of amidine groups is 1. The summed E-state index contributed by atoms with van der Waals surface area (Å²) >= 11 is 3.24. The van der Waals surface area contributed by atoms with Crippen LogP contribution in [0.5, 0.6) is 0 Å². The zero-order valence-corrected chi connectivity index (χ0v) is 20.7. The van der Waals surface area contributed by atoms with Crippen molar-refractivity contribution in [1.29, 1.82) is 0 Å². The maximum Gasteiger partial charge on any atom is 0.269 e. The second kappa shape index (κ2) is 9.12. The Labute approximate surface area is 208 Å². The standard InChI is InChI=1S/C27H26N4OS2/c1-2-30-22-12-6-7-13-23(22)33-26(30)24-25(32)31(20-10-4-3-5-11-20)27(34-24)29-19-14-15-21-18(17-19)9-8-16-28-21/h6-9,12-17,20H,2-5,10-11H2,1H3. The van der Waals surface area contributed by atoms with Crippen molar-refractivity contribution in [3.05, 3.63) is 70.7 Å². The molecule has 0 N–H and O–H groups in total. The molecule has 3 aliphatic rings. The second-order valence-corrected chi connectivity index (χ2v) is 10.8. The Hall–Kier alpha value is -2.77. The Morgan fingerprint density at radius 3 is 2.74 bits per heavy atom. The highest BCUT2D eigenvalue weighted by atomic mass is 32.2. The number of rotatable bonds is 3. The molecule has 1 aromatic heterocycles. The van der Waals surface area contributed by atoms with Gasteiger partial charge in [-0.05, 0) is 67.9 Å². The molecule has 5 nitrogen and oxygen atoms in total. The van der Waals surface area contributed by atoms with Crippen LogP contribution in [0.15, 0.2) is 80.6 Å². The molecule has 1 saturated carbocycles. The molecule has 0 bridgehead atoms. The first-order valence-electron chi connectivity index (χ1n) is 12.0. The van der Waals surface area contributed by atoms with Crippen molar-refractivity contribution < 1.29 is 4.79 Å². The predicted octanol–water partition coefficient (Wildman–Crippen LogP) is 6.93. The zero-order valence-electron chi connectivity index (χ0n) is 19.1. The molecule has 2 fully saturated rings. The number of aliphatic imine (C=N–C) groups is 1. The van der Waals surface area contributed by atoms with Gasteiger partial charge < -0.3 is 4.90 Å². The van der Waals surface area contributed by atoms with Gasteiger partial charge in [-0.1, -0.05) is 49.2 Å². The Morgan fingerprint density at radius 2 is 1.88 bits per heavy atom. The fraction of sp³-hybridized carbons (Fsp3) is 0.296. The van der Waals surface area contributed by atoms with Crippen LogP contribution in [0.3, 0.4) is 0 Å². The maximum atomic E-state index is 13.9. The number of para-hydroxylation sites is 1. The molecule has 0 radical (unpaired) electrons. The second-order valence-electron chi connectivity index (χ2n) is 8.79. The molecular weight excluding hydrogens is 460 g/mol. The van der Waals surface area contributed by atoms with E-state index in [9.17, 15) is 4.79 Å².